The molecule has 5 aromatic rings. The molecule has 54 heavy (non-hydrogen) atoms. The predicted molar refractivity (Wildman–Crippen MR) is 207 cm³/mol. The first-order valence-electron chi connectivity index (χ1n) is 17.6. The Bertz CT molecular complexity index is 2180. The van der Waals surface area contributed by atoms with Gasteiger partial charge < -0.3 is 24.6 Å². The molecule has 0 radical (unpaired) electrons. The van der Waals surface area contributed by atoms with Crippen LogP contribution in [-0.2, 0) is 16.7 Å². The van der Waals surface area contributed by atoms with Gasteiger partial charge in [-0.1, -0.05) is 32.9 Å². The molecule has 1 fully saturated rings. The lowest BCUT2D eigenvalue weighted by molar-refractivity contribution is 0.0828. The molecule has 6 rings (SSSR count). The fourth-order valence-electron chi connectivity index (χ4n) is 5.71. The molecule has 1 aromatic carbocycles. The van der Waals surface area contributed by atoms with E-state index in [9.17, 15) is 14.4 Å². The van der Waals surface area contributed by atoms with Crippen molar-refractivity contribution in [3.05, 3.63) is 86.5 Å². The van der Waals surface area contributed by atoms with Crippen LogP contribution < -0.4 is 25.8 Å². The second kappa shape index (κ2) is 16.6. The van der Waals surface area contributed by atoms with Crippen LogP contribution >= 0.6 is 11.3 Å². The van der Waals surface area contributed by atoms with Gasteiger partial charge in [0, 0.05) is 61.6 Å². The van der Waals surface area contributed by atoms with E-state index < -0.39 is 6.09 Å². The van der Waals surface area contributed by atoms with Crippen molar-refractivity contribution in [3.8, 4) is 5.75 Å². The maximum absolute atomic E-state index is 14.1. The molecule has 0 spiro atoms. The number of alkyl carbamates (subject to hydrolysis) is 1. The van der Waals surface area contributed by atoms with Gasteiger partial charge in [0.2, 0.25) is 0 Å². The van der Waals surface area contributed by atoms with Crippen LogP contribution in [0.15, 0.2) is 52.8 Å². The van der Waals surface area contributed by atoms with E-state index in [4.69, 9.17) is 14.5 Å². The number of nitrogens with zero attached hydrogens (tertiary/aromatic N) is 9. The molecule has 0 aliphatic carbocycles. The number of rotatable bonds is 12. The number of anilines is 2. The molecule has 4 aromatic heterocycles. The van der Waals surface area contributed by atoms with Gasteiger partial charge in [-0.25, -0.2) is 14.8 Å². The van der Waals surface area contributed by atoms with Crippen molar-refractivity contribution < 1.29 is 19.1 Å². The van der Waals surface area contributed by atoms with Crippen LogP contribution in [0.2, 0.25) is 0 Å². The number of aromatic nitrogens is 7. The summed E-state index contributed by atoms with van der Waals surface area (Å²) in [5.74, 6) is 1.14. The number of carbonyl (C=O) groups is 2. The topological polar surface area (TPSA) is 174 Å². The zero-order valence-corrected chi connectivity index (χ0v) is 32.1. The van der Waals surface area contributed by atoms with E-state index in [0.29, 0.717) is 79.1 Å². The fourth-order valence-corrected chi connectivity index (χ4v) is 6.65. The van der Waals surface area contributed by atoms with Gasteiger partial charge >= 0.3 is 6.09 Å². The van der Waals surface area contributed by atoms with Gasteiger partial charge in [0.25, 0.3) is 11.5 Å². The number of likely N-dealkylation sites (N-methyl/N-ethyl adjacent to an activating group) is 1. The van der Waals surface area contributed by atoms with Crippen LogP contribution in [0.25, 0.3) is 17.8 Å². The maximum Gasteiger partial charge on any atom is 0.407 e. The minimum atomic E-state index is -0.452. The molecule has 1 aliphatic rings. The molecule has 0 saturated carbocycles. The SMILES string of the molecule is COc1ccc(Cn2nnc(/C=C/c3c(N4CCC(OC(=O)NCCN(C)C)CC4)nc4cc(C(=O)Nc5nc(C(C)(C)C)cs5)ccn4c3=O)n2)cc1. The lowest BCUT2D eigenvalue weighted by atomic mass is 9.93. The van der Waals surface area contributed by atoms with Crippen molar-refractivity contribution in [2.45, 2.75) is 51.7 Å². The molecule has 17 heteroatoms. The van der Waals surface area contributed by atoms with Gasteiger partial charge in [-0.15, -0.1) is 21.5 Å². The second-order valence-electron chi connectivity index (χ2n) is 14.2. The number of piperidine rings is 1. The monoisotopic (exact) mass is 755 g/mol. The van der Waals surface area contributed by atoms with Crippen molar-refractivity contribution in [2.75, 3.05) is 57.6 Å². The Morgan fingerprint density at radius 3 is 2.52 bits per heavy atom. The van der Waals surface area contributed by atoms with Crippen molar-refractivity contribution in [1.29, 1.82) is 0 Å². The van der Waals surface area contributed by atoms with Gasteiger partial charge in [-0.05, 0) is 61.3 Å². The average molecular weight is 756 g/mol. The molecule has 1 aliphatic heterocycles. The number of hydrogen-bond acceptors (Lipinski definition) is 13. The third kappa shape index (κ3) is 9.45. The van der Waals surface area contributed by atoms with E-state index in [1.165, 1.54) is 20.5 Å². The van der Waals surface area contributed by atoms with Crippen LogP contribution in [0, 0.1) is 0 Å². The van der Waals surface area contributed by atoms with Gasteiger partial charge in [-0.2, -0.15) is 4.80 Å². The van der Waals surface area contributed by atoms with Crippen molar-refractivity contribution >= 4 is 52.1 Å². The number of methoxy groups -OCH3 is 1. The number of tetrazole rings is 1. The molecule has 0 bridgehead atoms. The van der Waals surface area contributed by atoms with Crippen LogP contribution in [0.5, 0.6) is 5.75 Å². The van der Waals surface area contributed by atoms with Crippen LogP contribution in [0.1, 0.15) is 66.6 Å². The number of pyridine rings is 1. The van der Waals surface area contributed by atoms with Crippen LogP contribution in [0.4, 0.5) is 15.7 Å². The standard InChI is InChI=1S/C37H45N11O5S/c1-37(2,3)29-23-54-35(39-29)41-33(49)25-13-19-47-31(21-25)40-32(46-17-14-27(15-18-46)53-36(51)38-16-20-45(4)5)28(34(47)50)11-12-30-42-44-48(43-30)22-24-7-9-26(52-6)10-8-24/h7-13,19,21,23,27H,14-18,20,22H2,1-6H3,(H,38,51)(H,39,41,49)/b12-11+. The number of fused-ring (bicyclic) bond motifs is 1. The predicted octanol–water partition coefficient (Wildman–Crippen LogP) is 4.17. The summed E-state index contributed by atoms with van der Waals surface area (Å²) in [6.07, 6.45) is 5.15. The van der Waals surface area contributed by atoms with Crippen LogP contribution in [0.3, 0.4) is 0 Å². The van der Waals surface area contributed by atoms with E-state index in [1.807, 2.05) is 53.5 Å². The number of benzene rings is 1. The van der Waals surface area contributed by atoms with Gasteiger partial charge in [0.1, 0.15) is 23.3 Å². The summed E-state index contributed by atoms with van der Waals surface area (Å²) in [5, 5.41) is 20.9. The Kier molecular flexibility index (Phi) is 11.7. The van der Waals surface area contributed by atoms with E-state index in [2.05, 4.69) is 51.8 Å². The van der Waals surface area contributed by atoms with E-state index in [-0.39, 0.29) is 23.0 Å². The highest BCUT2D eigenvalue weighted by atomic mass is 32.1. The second-order valence-corrected chi connectivity index (χ2v) is 15.1. The maximum atomic E-state index is 14.1. The normalized spacial score (nSPS) is 13.9. The number of thiazole rings is 1. The zero-order valence-electron chi connectivity index (χ0n) is 31.3. The summed E-state index contributed by atoms with van der Waals surface area (Å²) in [7, 11) is 5.48. The Morgan fingerprint density at radius 2 is 1.83 bits per heavy atom. The van der Waals surface area contributed by atoms with E-state index in [0.717, 1.165) is 17.0 Å². The first-order valence-corrected chi connectivity index (χ1v) is 18.5. The highest BCUT2D eigenvalue weighted by Crippen LogP contribution is 2.27. The van der Waals surface area contributed by atoms with E-state index in [1.54, 1.807) is 37.6 Å². The minimum absolute atomic E-state index is 0.154. The number of carbonyl (C=O) groups excluding carboxylic acids is 2. The molecule has 2 N–H and O–H groups in total. The summed E-state index contributed by atoms with van der Waals surface area (Å²) in [6.45, 7) is 8.73. The third-order valence-electron chi connectivity index (χ3n) is 8.79. The molecular weight excluding hydrogens is 711 g/mol. The smallest absolute Gasteiger partial charge is 0.407 e. The summed E-state index contributed by atoms with van der Waals surface area (Å²) < 4.78 is 12.3. The molecule has 5 heterocycles. The summed E-state index contributed by atoms with van der Waals surface area (Å²) in [6, 6.07) is 10.7. The fraction of sp³-hybridized carbons (Fsp3) is 0.405. The van der Waals surface area contributed by atoms with Gasteiger partial charge in [0.15, 0.2) is 11.0 Å². The van der Waals surface area contributed by atoms with Crippen molar-refractivity contribution in [2.24, 2.45) is 0 Å². The Labute approximate surface area is 316 Å². The Morgan fingerprint density at radius 1 is 1.07 bits per heavy atom. The van der Waals surface area contributed by atoms with Gasteiger partial charge in [0.05, 0.1) is 24.9 Å². The number of nitrogens with one attached hydrogen (secondary N) is 2. The Hall–Kier alpha value is -5.68. The summed E-state index contributed by atoms with van der Waals surface area (Å²) in [5.41, 5.74) is 2.31. The quantitative estimate of drug-likeness (QED) is 0.186. The summed E-state index contributed by atoms with van der Waals surface area (Å²) >= 11 is 1.36. The molecule has 16 nitrogen and oxygen atoms in total. The Balaban J connectivity index is 1.25. The first-order chi connectivity index (χ1) is 25.9. The zero-order chi connectivity index (χ0) is 38.4. The molecular formula is C37H45N11O5S. The minimum Gasteiger partial charge on any atom is -0.497 e. The molecule has 0 atom stereocenters. The highest BCUT2D eigenvalue weighted by molar-refractivity contribution is 7.14. The largest absolute Gasteiger partial charge is 0.497 e. The molecule has 284 valence electrons. The first kappa shape index (κ1) is 38.1. The van der Waals surface area contributed by atoms with Crippen molar-refractivity contribution in [3.63, 3.8) is 0 Å². The number of hydrogen-bond donors (Lipinski definition) is 2. The van der Waals surface area contributed by atoms with E-state index >= 15 is 0 Å². The van der Waals surface area contributed by atoms with Crippen molar-refractivity contribution in [1.82, 2.24) is 44.8 Å². The third-order valence-corrected chi connectivity index (χ3v) is 9.55. The molecule has 0 unspecified atom stereocenters. The highest BCUT2D eigenvalue weighted by Gasteiger charge is 2.26. The lowest BCUT2D eigenvalue weighted by Gasteiger charge is -2.33. The van der Waals surface area contributed by atoms with Gasteiger partial charge in [-0.3, -0.25) is 19.3 Å². The summed E-state index contributed by atoms with van der Waals surface area (Å²) in [4.78, 5) is 54.8. The average Bonchev–Trinajstić information content (AvgIpc) is 3.81. The molecule has 1 saturated heterocycles. The van der Waals surface area contributed by atoms with Crippen LogP contribution in [-0.4, -0.2) is 105 Å². The number of ether oxygens (including phenoxy) is 2. The lowest BCUT2D eigenvalue weighted by Crippen LogP contribution is -2.41. The number of amides is 2. The molecule has 2 amide bonds.